The Labute approximate surface area is 126 Å². The van der Waals surface area contributed by atoms with Gasteiger partial charge in [-0.05, 0) is 38.1 Å². The summed E-state index contributed by atoms with van der Waals surface area (Å²) in [5.74, 6) is -0.665. The van der Waals surface area contributed by atoms with Gasteiger partial charge in [0.2, 0.25) is 0 Å². The van der Waals surface area contributed by atoms with E-state index in [9.17, 15) is 14.0 Å². The maximum Gasteiger partial charge on any atom is 0.313 e. The van der Waals surface area contributed by atoms with Crippen LogP contribution in [0.3, 0.4) is 0 Å². The van der Waals surface area contributed by atoms with Crippen LogP contribution in [0, 0.1) is 5.82 Å². The lowest BCUT2D eigenvalue weighted by Gasteiger charge is -2.25. The summed E-state index contributed by atoms with van der Waals surface area (Å²) in [6, 6.07) is 5.41. The number of aliphatic carboxylic acids is 1. The quantitative estimate of drug-likeness (QED) is 0.717. The average Bonchev–Trinajstić information content (AvgIpc) is 2.40. The Hall–Kier alpha value is -1.76. The predicted octanol–water partition coefficient (Wildman–Crippen LogP) is 1.92. The molecule has 21 heavy (non-hydrogen) atoms. The van der Waals surface area contributed by atoms with E-state index >= 15 is 0 Å². The molecule has 0 fully saturated rings. The summed E-state index contributed by atoms with van der Waals surface area (Å²) in [6.07, 6.45) is 0. The van der Waals surface area contributed by atoms with Gasteiger partial charge in [-0.15, -0.1) is 11.8 Å². The van der Waals surface area contributed by atoms with Gasteiger partial charge in [-0.25, -0.2) is 4.39 Å². The van der Waals surface area contributed by atoms with Gasteiger partial charge in [0.1, 0.15) is 11.6 Å². The Morgan fingerprint density at radius 1 is 1.33 bits per heavy atom. The smallest absolute Gasteiger partial charge is 0.313 e. The molecule has 1 amide bonds. The Balaban J connectivity index is 2.40. The fourth-order valence-electron chi connectivity index (χ4n) is 1.45. The number of carboxylic acids is 1. The molecule has 1 rings (SSSR count). The van der Waals surface area contributed by atoms with E-state index in [0.29, 0.717) is 18.0 Å². The van der Waals surface area contributed by atoms with Gasteiger partial charge in [0.15, 0.2) is 5.60 Å². The molecule has 0 aliphatic heterocycles. The van der Waals surface area contributed by atoms with Gasteiger partial charge in [-0.2, -0.15) is 0 Å². The van der Waals surface area contributed by atoms with Crippen LogP contribution in [-0.2, 0) is 9.59 Å². The zero-order valence-electron chi connectivity index (χ0n) is 11.9. The van der Waals surface area contributed by atoms with Crippen LogP contribution in [0.15, 0.2) is 24.3 Å². The maximum atomic E-state index is 12.8. The third kappa shape index (κ3) is 6.48. The molecular weight excluding hydrogens is 297 g/mol. The number of benzene rings is 1. The lowest BCUT2D eigenvalue weighted by Crippen LogP contribution is -2.47. The SMILES string of the molecule is CC(C)(Oc1ccc(F)cc1)C(=O)NCCSCC(=O)O. The van der Waals surface area contributed by atoms with E-state index in [4.69, 9.17) is 9.84 Å². The van der Waals surface area contributed by atoms with Crippen molar-refractivity contribution < 1.29 is 23.8 Å². The first-order valence-corrected chi connectivity index (χ1v) is 7.49. The van der Waals surface area contributed by atoms with Crippen LogP contribution in [0.5, 0.6) is 5.75 Å². The van der Waals surface area contributed by atoms with E-state index in [1.807, 2.05) is 0 Å². The van der Waals surface area contributed by atoms with E-state index in [1.165, 1.54) is 36.0 Å². The van der Waals surface area contributed by atoms with Crippen molar-refractivity contribution in [1.29, 1.82) is 0 Å². The third-order valence-corrected chi connectivity index (χ3v) is 3.43. The number of carbonyl (C=O) groups excluding carboxylic acids is 1. The number of thioether (sulfide) groups is 1. The normalized spacial score (nSPS) is 11.0. The van der Waals surface area contributed by atoms with E-state index in [2.05, 4.69) is 5.32 Å². The minimum atomic E-state index is -1.10. The van der Waals surface area contributed by atoms with Crippen molar-refractivity contribution in [3.05, 3.63) is 30.1 Å². The molecule has 0 atom stereocenters. The van der Waals surface area contributed by atoms with Crippen LogP contribution in [0.1, 0.15) is 13.8 Å². The van der Waals surface area contributed by atoms with E-state index < -0.39 is 11.6 Å². The molecular formula is C14H18FNO4S. The van der Waals surface area contributed by atoms with Crippen LogP contribution in [0.2, 0.25) is 0 Å². The Morgan fingerprint density at radius 3 is 2.52 bits per heavy atom. The molecule has 0 heterocycles. The number of carboxylic acid groups (broad SMARTS) is 1. The fourth-order valence-corrected chi connectivity index (χ4v) is 2.02. The largest absolute Gasteiger partial charge is 0.481 e. The molecule has 0 bridgehead atoms. The molecule has 0 aromatic heterocycles. The molecule has 0 saturated heterocycles. The molecule has 0 spiro atoms. The summed E-state index contributed by atoms with van der Waals surface area (Å²) < 4.78 is 18.3. The van der Waals surface area contributed by atoms with Crippen molar-refractivity contribution in [2.45, 2.75) is 19.4 Å². The van der Waals surface area contributed by atoms with Gasteiger partial charge in [0, 0.05) is 12.3 Å². The fraction of sp³-hybridized carbons (Fsp3) is 0.429. The summed E-state index contributed by atoms with van der Waals surface area (Å²) in [6.45, 7) is 3.57. The van der Waals surface area contributed by atoms with Gasteiger partial charge in [-0.1, -0.05) is 0 Å². The highest BCUT2D eigenvalue weighted by atomic mass is 32.2. The number of amides is 1. The molecule has 1 aromatic rings. The standard InChI is InChI=1S/C14H18FNO4S/c1-14(2,20-11-5-3-10(15)4-6-11)13(19)16-7-8-21-9-12(17)18/h3-6H,7-9H2,1-2H3,(H,16,19)(H,17,18). The van der Waals surface area contributed by atoms with Crippen molar-refractivity contribution in [2.24, 2.45) is 0 Å². The predicted molar refractivity (Wildman–Crippen MR) is 79.1 cm³/mol. The number of carbonyl (C=O) groups is 2. The van der Waals surface area contributed by atoms with E-state index in [0.717, 1.165) is 0 Å². The summed E-state index contributed by atoms with van der Waals surface area (Å²) in [5, 5.41) is 11.2. The zero-order valence-corrected chi connectivity index (χ0v) is 12.7. The van der Waals surface area contributed by atoms with Gasteiger partial charge in [0.05, 0.1) is 5.75 Å². The molecule has 5 nitrogen and oxygen atoms in total. The molecule has 0 unspecified atom stereocenters. The highest BCUT2D eigenvalue weighted by molar-refractivity contribution is 7.99. The lowest BCUT2D eigenvalue weighted by molar-refractivity contribution is -0.134. The monoisotopic (exact) mass is 315 g/mol. The Kier molecular flexibility index (Phi) is 6.48. The first-order valence-electron chi connectivity index (χ1n) is 6.33. The molecule has 0 radical (unpaired) electrons. The number of nitrogens with one attached hydrogen (secondary N) is 1. The van der Waals surface area contributed by atoms with E-state index in [-0.39, 0.29) is 17.5 Å². The second-order valence-electron chi connectivity index (χ2n) is 4.77. The van der Waals surface area contributed by atoms with Crippen LogP contribution in [-0.4, -0.2) is 40.6 Å². The van der Waals surface area contributed by atoms with Gasteiger partial charge in [0.25, 0.3) is 5.91 Å². The molecule has 0 aliphatic rings. The van der Waals surface area contributed by atoms with Crippen molar-refractivity contribution in [1.82, 2.24) is 5.32 Å². The topological polar surface area (TPSA) is 75.6 Å². The Bertz CT molecular complexity index is 490. The molecule has 2 N–H and O–H groups in total. The highest BCUT2D eigenvalue weighted by Gasteiger charge is 2.29. The summed E-state index contributed by atoms with van der Waals surface area (Å²) in [4.78, 5) is 22.3. The second-order valence-corrected chi connectivity index (χ2v) is 5.87. The van der Waals surface area contributed by atoms with Crippen molar-refractivity contribution in [3.63, 3.8) is 0 Å². The first-order chi connectivity index (χ1) is 9.81. The van der Waals surface area contributed by atoms with Crippen LogP contribution in [0.25, 0.3) is 0 Å². The number of rotatable bonds is 8. The number of halogens is 1. The average molecular weight is 315 g/mol. The Morgan fingerprint density at radius 2 is 1.95 bits per heavy atom. The van der Waals surface area contributed by atoms with Crippen LogP contribution < -0.4 is 10.1 Å². The minimum Gasteiger partial charge on any atom is -0.481 e. The maximum absolute atomic E-state index is 12.8. The summed E-state index contributed by atoms with van der Waals surface area (Å²) >= 11 is 1.22. The van der Waals surface area contributed by atoms with Crippen LogP contribution in [0.4, 0.5) is 4.39 Å². The lowest BCUT2D eigenvalue weighted by atomic mass is 10.1. The van der Waals surface area contributed by atoms with Crippen molar-refractivity contribution >= 4 is 23.6 Å². The van der Waals surface area contributed by atoms with Gasteiger partial charge < -0.3 is 15.2 Å². The van der Waals surface area contributed by atoms with E-state index in [1.54, 1.807) is 13.8 Å². The summed E-state index contributed by atoms with van der Waals surface area (Å²) in [7, 11) is 0. The molecule has 0 aliphatic carbocycles. The second kappa shape index (κ2) is 7.87. The van der Waals surface area contributed by atoms with Gasteiger partial charge in [-0.3, -0.25) is 9.59 Å². The van der Waals surface area contributed by atoms with Crippen molar-refractivity contribution in [2.75, 3.05) is 18.1 Å². The third-order valence-electron chi connectivity index (χ3n) is 2.49. The van der Waals surface area contributed by atoms with Crippen molar-refractivity contribution in [3.8, 4) is 5.75 Å². The molecule has 0 saturated carbocycles. The van der Waals surface area contributed by atoms with Crippen LogP contribution >= 0.6 is 11.8 Å². The first kappa shape index (κ1) is 17.3. The van der Waals surface area contributed by atoms with Gasteiger partial charge >= 0.3 is 5.97 Å². The highest BCUT2D eigenvalue weighted by Crippen LogP contribution is 2.18. The molecule has 7 heteroatoms. The number of hydrogen-bond acceptors (Lipinski definition) is 4. The summed E-state index contributed by atoms with van der Waals surface area (Å²) in [5.41, 5.74) is -1.10. The number of hydrogen-bond donors (Lipinski definition) is 2. The molecule has 116 valence electrons. The number of ether oxygens (including phenoxy) is 1. The zero-order chi connectivity index (χ0) is 15.9. The minimum absolute atomic E-state index is 0.00530. The molecule has 1 aromatic carbocycles.